The van der Waals surface area contributed by atoms with Crippen LogP contribution in [0.4, 0.5) is 0 Å². The molecule has 0 atom stereocenters. The van der Waals surface area contributed by atoms with E-state index in [4.69, 9.17) is 4.42 Å². The summed E-state index contributed by atoms with van der Waals surface area (Å²) in [5, 5.41) is 11.9. The van der Waals surface area contributed by atoms with Gasteiger partial charge >= 0.3 is 5.63 Å². The monoisotopic (exact) mass is 290 g/mol. The fraction of sp³-hybridized carbons (Fsp3) is 0.111. The highest BCUT2D eigenvalue weighted by Crippen LogP contribution is 2.28. The second kappa shape index (κ2) is 5.38. The van der Waals surface area contributed by atoms with Gasteiger partial charge in [-0.2, -0.15) is 5.26 Å². The summed E-state index contributed by atoms with van der Waals surface area (Å²) in [6.07, 6.45) is 3.58. The van der Waals surface area contributed by atoms with E-state index in [1.165, 1.54) is 0 Å². The topological polar surface area (TPSA) is 57.2 Å². The summed E-state index contributed by atoms with van der Waals surface area (Å²) in [6.45, 7) is 0. The highest BCUT2D eigenvalue weighted by Gasteiger charge is 2.14. The summed E-state index contributed by atoms with van der Waals surface area (Å²) >= 11 is 0. The van der Waals surface area contributed by atoms with E-state index in [2.05, 4.69) is 0 Å². The number of nitrogens with zero attached hydrogens (tertiary/aromatic N) is 2. The van der Waals surface area contributed by atoms with Crippen LogP contribution < -0.4 is 5.63 Å². The fourth-order valence-electron chi connectivity index (χ4n) is 2.46. The van der Waals surface area contributed by atoms with Crippen LogP contribution in [0.1, 0.15) is 11.1 Å². The molecular formula is C18H14N2O2. The zero-order valence-electron chi connectivity index (χ0n) is 12.3. The van der Waals surface area contributed by atoms with E-state index in [1.807, 2.05) is 67.7 Å². The van der Waals surface area contributed by atoms with Gasteiger partial charge in [0, 0.05) is 30.4 Å². The third kappa shape index (κ3) is 2.23. The van der Waals surface area contributed by atoms with Crippen molar-refractivity contribution in [1.29, 1.82) is 5.26 Å². The SMILES string of the molecule is CN(C)/C=C/c1c(C#N)c(=O)oc2c1ccc1ccccc12. The maximum atomic E-state index is 12.1. The lowest BCUT2D eigenvalue weighted by molar-refractivity contribution is 0.560. The van der Waals surface area contributed by atoms with Crippen LogP contribution in [0.15, 0.2) is 51.8 Å². The minimum Gasteiger partial charge on any atom is -0.421 e. The summed E-state index contributed by atoms with van der Waals surface area (Å²) in [7, 11) is 3.76. The van der Waals surface area contributed by atoms with Crippen molar-refractivity contribution in [2.75, 3.05) is 14.1 Å². The molecule has 3 aromatic rings. The molecule has 2 aromatic carbocycles. The van der Waals surface area contributed by atoms with Crippen LogP contribution in [0.2, 0.25) is 0 Å². The second-order valence-electron chi connectivity index (χ2n) is 5.23. The van der Waals surface area contributed by atoms with Crippen LogP contribution in [0.3, 0.4) is 0 Å². The molecule has 0 saturated heterocycles. The molecule has 0 saturated carbocycles. The minimum absolute atomic E-state index is 0.0286. The first-order valence-corrected chi connectivity index (χ1v) is 6.85. The van der Waals surface area contributed by atoms with Gasteiger partial charge in [-0.25, -0.2) is 4.79 Å². The number of benzene rings is 2. The summed E-state index contributed by atoms with van der Waals surface area (Å²) in [5.41, 5.74) is 0.527. The Morgan fingerprint density at radius 2 is 1.91 bits per heavy atom. The summed E-state index contributed by atoms with van der Waals surface area (Å²) in [6, 6.07) is 13.5. The smallest absolute Gasteiger partial charge is 0.354 e. The molecule has 0 bridgehead atoms. The van der Waals surface area contributed by atoms with Crippen LogP contribution >= 0.6 is 0 Å². The van der Waals surface area contributed by atoms with Crippen LogP contribution in [0, 0.1) is 11.3 Å². The number of fused-ring (bicyclic) bond motifs is 3. The van der Waals surface area contributed by atoms with Crippen LogP contribution in [0.25, 0.3) is 27.8 Å². The highest BCUT2D eigenvalue weighted by atomic mass is 16.4. The lowest BCUT2D eigenvalue weighted by Crippen LogP contribution is -2.08. The maximum Gasteiger partial charge on any atom is 0.354 e. The molecule has 3 rings (SSSR count). The molecule has 1 aromatic heterocycles. The Kier molecular flexibility index (Phi) is 3.40. The van der Waals surface area contributed by atoms with Crippen molar-refractivity contribution >= 4 is 27.8 Å². The van der Waals surface area contributed by atoms with Gasteiger partial charge in [-0.05, 0) is 23.7 Å². The first-order chi connectivity index (χ1) is 10.6. The Morgan fingerprint density at radius 3 is 2.64 bits per heavy atom. The Balaban J connectivity index is 2.48. The molecule has 0 spiro atoms. The maximum absolute atomic E-state index is 12.1. The summed E-state index contributed by atoms with van der Waals surface area (Å²) in [5.74, 6) is 0. The standard InChI is InChI=1S/C18H14N2O2/c1-20(2)10-9-14-15-8-7-12-5-3-4-6-13(12)17(15)22-18(21)16(14)11-19/h3-10H,1-2H3/b10-9+. The molecule has 0 unspecified atom stereocenters. The van der Waals surface area contributed by atoms with E-state index in [9.17, 15) is 10.1 Å². The van der Waals surface area contributed by atoms with Crippen molar-refractivity contribution in [2.45, 2.75) is 0 Å². The molecule has 0 aliphatic heterocycles. The van der Waals surface area contributed by atoms with Gasteiger partial charge in [0.1, 0.15) is 17.2 Å². The Morgan fingerprint density at radius 1 is 1.14 bits per heavy atom. The van der Waals surface area contributed by atoms with Gasteiger partial charge in [-0.3, -0.25) is 0 Å². The molecule has 0 aliphatic carbocycles. The third-order valence-corrected chi connectivity index (χ3v) is 3.49. The molecule has 0 aliphatic rings. The largest absolute Gasteiger partial charge is 0.421 e. The van der Waals surface area contributed by atoms with Crippen LogP contribution in [0.5, 0.6) is 0 Å². The summed E-state index contributed by atoms with van der Waals surface area (Å²) < 4.78 is 5.42. The highest BCUT2D eigenvalue weighted by molar-refractivity contribution is 6.06. The van der Waals surface area contributed by atoms with Gasteiger partial charge in [0.05, 0.1) is 0 Å². The first kappa shape index (κ1) is 13.9. The van der Waals surface area contributed by atoms with Gasteiger partial charge in [0.2, 0.25) is 0 Å². The van der Waals surface area contributed by atoms with Gasteiger partial charge < -0.3 is 9.32 Å². The predicted octanol–water partition coefficient (Wildman–Crippen LogP) is 3.35. The number of rotatable bonds is 2. The Hall–Kier alpha value is -3.06. The van der Waals surface area contributed by atoms with Crippen molar-refractivity contribution in [2.24, 2.45) is 0 Å². The van der Waals surface area contributed by atoms with E-state index >= 15 is 0 Å². The molecule has 4 nitrogen and oxygen atoms in total. The average Bonchev–Trinajstić information content (AvgIpc) is 2.52. The molecule has 108 valence electrons. The van der Waals surface area contributed by atoms with E-state index in [-0.39, 0.29) is 5.56 Å². The predicted molar refractivity (Wildman–Crippen MR) is 87.4 cm³/mol. The lowest BCUT2D eigenvalue weighted by atomic mass is 10.0. The van der Waals surface area contributed by atoms with Crippen LogP contribution in [-0.2, 0) is 0 Å². The van der Waals surface area contributed by atoms with Crippen molar-refractivity contribution in [3.63, 3.8) is 0 Å². The van der Waals surface area contributed by atoms with E-state index in [0.29, 0.717) is 11.1 Å². The zero-order chi connectivity index (χ0) is 15.7. The minimum atomic E-state index is -0.607. The normalized spacial score (nSPS) is 11.1. The quantitative estimate of drug-likeness (QED) is 0.536. The number of nitriles is 1. The Bertz CT molecular complexity index is 992. The molecule has 0 fully saturated rings. The third-order valence-electron chi connectivity index (χ3n) is 3.49. The van der Waals surface area contributed by atoms with Crippen molar-refractivity contribution in [3.05, 3.63) is 64.1 Å². The number of hydrogen-bond acceptors (Lipinski definition) is 4. The van der Waals surface area contributed by atoms with Gasteiger partial charge in [-0.15, -0.1) is 0 Å². The van der Waals surface area contributed by atoms with E-state index < -0.39 is 5.63 Å². The first-order valence-electron chi connectivity index (χ1n) is 6.85. The zero-order valence-corrected chi connectivity index (χ0v) is 12.3. The van der Waals surface area contributed by atoms with E-state index in [1.54, 1.807) is 6.08 Å². The molecule has 0 radical (unpaired) electrons. The van der Waals surface area contributed by atoms with Crippen molar-refractivity contribution in [3.8, 4) is 6.07 Å². The van der Waals surface area contributed by atoms with Gasteiger partial charge in [-0.1, -0.05) is 30.3 Å². The molecule has 1 heterocycles. The van der Waals surface area contributed by atoms with Gasteiger partial charge in [0.25, 0.3) is 0 Å². The molecule has 0 amide bonds. The van der Waals surface area contributed by atoms with Gasteiger partial charge in [0.15, 0.2) is 0 Å². The van der Waals surface area contributed by atoms with Crippen molar-refractivity contribution in [1.82, 2.24) is 4.90 Å². The van der Waals surface area contributed by atoms with Crippen molar-refractivity contribution < 1.29 is 4.42 Å². The number of hydrogen-bond donors (Lipinski definition) is 0. The van der Waals surface area contributed by atoms with Crippen LogP contribution in [-0.4, -0.2) is 19.0 Å². The average molecular weight is 290 g/mol. The summed E-state index contributed by atoms with van der Waals surface area (Å²) in [4.78, 5) is 14.0. The second-order valence-corrected chi connectivity index (χ2v) is 5.23. The lowest BCUT2D eigenvalue weighted by Gasteiger charge is -2.08. The molecule has 22 heavy (non-hydrogen) atoms. The molecule has 0 N–H and O–H groups in total. The fourth-order valence-corrected chi connectivity index (χ4v) is 2.46. The molecule has 4 heteroatoms. The molecular weight excluding hydrogens is 276 g/mol. The van der Waals surface area contributed by atoms with E-state index in [0.717, 1.165) is 16.2 Å². The Labute approximate surface area is 127 Å².